The molecular formula is C21H22ClNO3S. The minimum Gasteiger partial charge on any atom is -0.390 e. The first-order valence-electron chi connectivity index (χ1n) is 8.93. The molecule has 0 radical (unpaired) electrons. The third kappa shape index (κ3) is 4.70. The molecule has 0 heterocycles. The molecule has 0 aromatic heterocycles. The molecule has 6 heteroatoms. The molecular weight excluding hydrogens is 382 g/mol. The number of halogens is 1. The molecule has 1 fully saturated rings. The third-order valence-corrected chi connectivity index (χ3v) is 7.44. The molecule has 1 aliphatic rings. The van der Waals surface area contributed by atoms with Crippen LogP contribution in [0.15, 0.2) is 47.4 Å². The summed E-state index contributed by atoms with van der Waals surface area (Å²) in [5.74, 6) is 0.146. The molecule has 0 bridgehead atoms. The summed E-state index contributed by atoms with van der Waals surface area (Å²) in [5, 5.41) is 10.4. The van der Waals surface area contributed by atoms with Gasteiger partial charge in [-0.1, -0.05) is 41.9 Å². The van der Waals surface area contributed by atoms with Crippen molar-refractivity contribution in [3.05, 3.63) is 58.9 Å². The van der Waals surface area contributed by atoms with Gasteiger partial charge >= 0.3 is 0 Å². The van der Waals surface area contributed by atoms with Gasteiger partial charge in [-0.15, -0.1) is 0 Å². The van der Waals surface area contributed by atoms with Gasteiger partial charge in [-0.3, -0.25) is 0 Å². The third-order valence-electron chi connectivity index (χ3n) is 5.24. The van der Waals surface area contributed by atoms with Gasteiger partial charge < -0.3 is 5.11 Å². The average Bonchev–Trinajstić information content (AvgIpc) is 2.63. The predicted octanol–water partition coefficient (Wildman–Crippen LogP) is 5.27. The summed E-state index contributed by atoms with van der Waals surface area (Å²) >= 11 is 6.37. The molecule has 27 heavy (non-hydrogen) atoms. The van der Waals surface area contributed by atoms with Crippen LogP contribution in [0.2, 0.25) is 5.02 Å². The summed E-state index contributed by atoms with van der Waals surface area (Å²) in [6, 6.07) is 11.8. The molecule has 1 N–H and O–H groups in total. The Morgan fingerprint density at radius 3 is 2.37 bits per heavy atom. The summed E-state index contributed by atoms with van der Waals surface area (Å²) in [6.45, 7) is 8.81. The lowest BCUT2D eigenvalue weighted by molar-refractivity contribution is 0.0108. The highest BCUT2D eigenvalue weighted by molar-refractivity contribution is 7.91. The van der Waals surface area contributed by atoms with Crippen LogP contribution in [0, 0.1) is 12.5 Å². The largest absolute Gasteiger partial charge is 0.390 e. The molecule has 1 saturated carbocycles. The quantitative estimate of drug-likeness (QED) is 0.707. The Balaban J connectivity index is 1.78. The van der Waals surface area contributed by atoms with E-state index in [0.29, 0.717) is 36.4 Å². The highest BCUT2D eigenvalue weighted by atomic mass is 35.5. The number of aliphatic hydroxyl groups is 1. The Bertz CT molecular complexity index is 965. The zero-order valence-electron chi connectivity index (χ0n) is 15.2. The molecule has 1 aliphatic carbocycles. The van der Waals surface area contributed by atoms with E-state index in [4.69, 9.17) is 18.2 Å². The van der Waals surface area contributed by atoms with Crippen molar-refractivity contribution in [2.45, 2.75) is 43.1 Å². The Hall–Kier alpha value is -1.87. The summed E-state index contributed by atoms with van der Waals surface area (Å²) in [4.78, 5) is 3.59. The van der Waals surface area contributed by atoms with Gasteiger partial charge in [0.1, 0.15) is 0 Å². The number of rotatable bonds is 4. The zero-order chi connectivity index (χ0) is 19.7. The van der Waals surface area contributed by atoms with Crippen molar-refractivity contribution in [3.63, 3.8) is 0 Å². The van der Waals surface area contributed by atoms with Gasteiger partial charge in [-0.25, -0.2) is 13.3 Å². The van der Waals surface area contributed by atoms with Crippen LogP contribution in [-0.2, 0) is 9.84 Å². The van der Waals surface area contributed by atoms with Gasteiger partial charge in [0.2, 0.25) is 0 Å². The van der Waals surface area contributed by atoms with Gasteiger partial charge in [0.25, 0.3) is 0 Å². The molecule has 0 amide bonds. The maximum absolute atomic E-state index is 12.8. The van der Waals surface area contributed by atoms with Crippen molar-refractivity contribution in [3.8, 4) is 11.1 Å². The fourth-order valence-electron chi connectivity index (χ4n) is 3.51. The van der Waals surface area contributed by atoms with Crippen LogP contribution in [-0.4, -0.2) is 24.9 Å². The first-order valence-corrected chi connectivity index (χ1v) is 11.0. The lowest BCUT2D eigenvalue weighted by Crippen LogP contribution is -2.32. The van der Waals surface area contributed by atoms with Crippen LogP contribution >= 0.6 is 11.6 Å². The van der Waals surface area contributed by atoms with Crippen molar-refractivity contribution in [2.75, 3.05) is 5.75 Å². The molecule has 0 aliphatic heterocycles. The molecule has 2 aromatic carbocycles. The summed E-state index contributed by atoms with van der Waals surface area (Å²) < 4.78 is 25.6. The van der Waals surface area contributed by atoms with Crippen LogP contribution < -0.4 is 0 Å². The van der Waals surface area contributed by atoms with E-state index in [-0.39, 0.29) is 16.6 Å². The second kappa shape index (κ2) is 7.63. The van der Waals surface area contributed by atoms with E-state index in [0.717, 1.165) is 11.1 Å². The molecule has 0 unspecified atom stereocenters. The number of benzene rings is 2. The smallest absolute Gasteiger partial charge is 0.187 e. The number of hydrogen-bond donors (Lipinski definition) is 1. The maximum Gasteiger partial charge on any atom is 0.187 e. The molecule has 142 valence electrons. The highest BCUT2D eigenvalue weighted by Gasteiger charge is 2.31. The Labute approximate surface area is 165 Å². The van der Waals surface area contributed by atoms with E-state index in [1.54, 1.807) is 43.3 Å². The van der Waals surface area contributed by atoms with Gasteiger partial charge in [0, 0.05) is 10.6 Å². The molecule has 3 rings (SSSR count). The second-order valence-electron chi connectivity index (χ2n) is 7.52. The normalized spacial score (nSPS) is 23.0. The number of nitrogens with zero attached hydrogens (tertiary/aromatic N) is 1. The maximum atomic E-state index is 12.8. The summed E-state index contributed by atoms with van der Waals surface area (Å²) in [5.41, 5.74) is 1.45. The highest BCUT2D eigenvalue weighted by Crippen LogP contribution is 2.35. The Kier molecular flexibility index (Phi) is 5.62. The van der Waals surface area contributed by atoms with Gasteiger partial charge in [-0.05, 0) is 56.2 Å². The zero-order valence-corrected chi connectivity index (χ0v) is 16.7. The fraction of sp³-hybridized carbons (Fsp3) is 0.381. The minimum absolute atomic E-state index is 0.0647. The van der Waals surface area contributed by atoms with E-state index < -0.39 is 15.4 Å². The van der Waals surface area contributed by atoms with Crippen LogP contribution in [0.5, 0.6) is 0 Å². The average molecular weight is 404 g/mol. The summed E-state index contributed by atoms with van der Waals surface area (Å²) in [6.07, 6.45) is 2.69. The predicted molar refractivity (Wildman–Crippen MR) is 108 cm³/mol. The van der Waals surface area contributed by atoms with Gasteiger partial charge in [-0.2, -0.15) is 0 Å². The second-order valence-corrected chi connectivity index (χ2v) is 9.96. The lowest BCUT2D eigenvalue weighted by Gasteiger charge is -2.32. The molecule has 2 aromatic rings. The van der Waals surface area contributed by atoms with Gasteiger partial charge in [0.15, 0.2) is 15.5 Å². The molecule has 0 atom stereocenters. The van der Waals surface area contributed by atoms with Crippen molar-refractivity contribution in [1.29, 1.82) is 0 Å². The SMILES string of the molecule is [C-]#[N+]c1ccc(-c2ccc(S(=O)(=O)CC3CCC(C)(O)CC3)cc2Cl)cc1. The standard InChI is InChI=1S/C21H22ClNO3S/c1-21(24)11-9-15(10-12-21)14-27(25,26)18-7-8-19(20(22)13-18)16-3-5-17(23-2)6-4-16/h3-8,13,15,24H,9-12,14H2,1H3. The first kappa shape index (κ1) is 19.9. The molecule has 0 spiro atoms. The summed E-state index contributed by atoms with van der Waals surface area (Å²) in [7, 11) is -3.44. The fourth-order valence-corrected chi connectivity index (χ4v) is 5.59. The number of hydrogen-bond acceptors (Lipinski definition) is 3. The lowest BCUT2D eigenvalue weighted by atomic mass is 9.81. The first-order chi connectivity index (χ1) is 12.7. The van der Waals surface area contributed by atoms with Crippen LogP contribution in [0.25, 0.3) is 16.0 Å². The molecule has 0 saturated heterocycles. The van der Waals surface area contributed by atoms with Crippen molar-refractivity contribution in [2.24, 2.45) is 5.92 Å². The monoisotopic (exact) mass is 403 g/mol. The number of sulfone groups is 1. The van der Waals surface area contributed by atoms with Crippen molar-refractivity contribution in [1.82, 2.24) is 0 Å². The van der Waals surface area contributed by atoms with E-state index in [9.17, 15) is 13.5 Å². The van der Waals surface area contributed by atoms with Crippen molar-refractivity contribution >= 4 is 27.1 Å². The van der Waals surface area contributed by atoms with Crippen molar-refractivity contribution < 1.29 is 13.5 Å². The Morgan fingerprint density at radius 1 is 1.19 bits per heavy atom. The van der Waals surface area contributed by atoms with E-state index in [1.165, 1.54) is 6.07 Å². The van der Waals surface area contributed by atoms with Crippen LogP contribution in [0.1, 0.15) is 32.6 Å². The van der Waals surface area contributed by atoms with Crippen LogP contribution in [0.3, 0.4) is 0 Å². The Morgan fingerprint density at radius 2 is 1.81 bits per heavy atom. The van der Waals surface area contributed by atoms with E-state index in [2.05, 4.69) is 4.85 Å². The van der Waals surface area contributed by atoms with E-state index in [1.807, 2.05) is 0 Å². The van der Waals surface area contributed by atoms with Gasteiger partial charge in [0.05, 0.1) is 22.8 Å². The molecule has 4 nitrogen and oxygen atoms in total. The van der Waals surface area contributed by atoms with Crippen LogP contribution in [0.4, 0.5) is 5.69 Å². The minimum atomic E-state index is -3.44. The topological polar surface area (TPSA) is 58.7 Å². The van der Waals surface area contributed by atoms with E-state index >= 15 is 0 Å².